The Labute approximate surface area is 184 Å². The van der Waals surface area contributed by atoms with Crippen LogP contribution in [-0.4, -0.2) is 35.9 Å². The van der Waals surface area contributed by atoms with Gasteiger partial charge in [-0.25, -0.2) is 4.98 Å². The van der Waals surface area contributed by atoms with Gasteiger partial charge >= 0.3 is 0 Å². The maximum Gasteiger partial charge on any atom is 0.126 e. The minimum absolute atomic E-state index is 0.462. The third-order valence-electron chi connectivity index (χ3n) is 5.54. The van der Waals surface area contributed by atoms with E-state index in [0.717, 1.165) is 60.8 Å². The first kappa shape index (κ1) is 19.7. The zero-order valence-corrected chi connectivity index (χ0v) is 18.7. The van der Waals surface area contributed by atoms with E-state index in [2.05, 4.69) is 40.2 Å². The van der Waals surface area contributed by atoms with E-state index in [-0.39, 0.29) is 0 Å². The highest BCUT2D eigenvalue weighted by Crippen LogP contribution is 2.39. The van der Waals surface area contributed by atoms with Crippen LogP contribution in [-0.2, 0) is 11.5 Å². The molecular formula is C24H23N3O3S. The fourth-order valence-corrected chi connectivity index (χ4v) is 4.92. The number of fused-ring (bicyclic) bond motifs is 2. The molecular weight excluding hydrogens is 410 g/mol. The van der Waals surface area contributed by atoms with Crippen LogP contribution in [0, 0.1) is 6.92 Å². The maximum absolute atomic E-state index is 5.43. The molecule has 1 N–H and O–H groups in total. The van der Waals surface area contributed by atoms with Crippen LogP contribution in [0.25, 0.3) is 43.6 Å². The van der Waals surface area contributed by atoms with Gasteiger partial charge in [0.25, 0.3) is 0 Å². The van der Waals surface area contributed by atoms with Crippen molar-refractivity contribution in [1.82, 2.24) is 14.5 Å². The molecule has 0 unspecified atom stereocenters. The summed E-state index contributed by atoms with van der Waals surface area (Å²) in [6.45, 7) is 2.54. The van der Waals surface area contributed by atoms with E-state index >= 15 is 0 Å². The summed E-state index contributed by atoms with van der Waals surface area (Å²) >= 11 is 1.64. The minimum atomic E-state index is 0.462. The van der Waals surface area contributed by atoms with Crippen LogP contribution in [0.15, 0.2) is 48.0 Å². The van der Waals surface area contributed by atoms with Crippen LogP contribution in [0.5, 0.6) is 11.5 Å². The molecule has 0 fully saturated rings. The maximum atomic E-state index is 5.43. The van der Waals surface area contributed by atoms with Gasteiger partial charge in [-0.3, -0.25) is 0 Å². The monoisotopic (exact) mass is 433 g/mol. The summed E-state index contributed by atoms with van der Waals surface area (Å²) in [5, 5.41) is 5.32. The van der Waals surface area contributed by atoms with Crippen LogP contribution in [0.1, 0.15) is 5.69 Å². The van der Waals surface area contributed by atoms with Gasteiger partial charge in [0, 0.05) is 57.9 Å². The summed E-state index contributed by atoms with van der Waals surface area (Å²) < 4.78 is 18.3. The van der Waals surface area contributed by atoms with Crippen LogP contribution in [0.3, 0.4) is 0 Å². The van der Waals surface area contributed by atoms with Gasteiger partial charge in [0.2, 0.25) is 0 Å². The Morgan fingerprint density at radius 3 is 2.55 bits per heavy atom. The first-order chi connectivity index (χ1) is 15.1. The highest BCUT2D eigenvalue weighted by molar-refractivity contribution is 7.13. The number of methoxy groups -OCH3 is 3. The van der Waals surface area contributed by atoms with E-state index in [4.69, 9.17) is 19.2 Å². The standard InChI is InChI=1S/C24H23N3O3S/c1-14-23(18-9-15(29-3)6-8-20(18)25-14)21-12-31-24(26-21)19-11-27(13-28-2)22-10-16(30-4)5-7-17(19)22/h5-12,25H,13H2,1-4H3. The minimum Gasteiger partial charge on any atom is -0.497 e. The van der Waals surface area contributed by atoms with Gasteiger partial charge in [-0.15, -0.1) is 11.3 Å². The lowest BCUT2D eigenvalue weighted by molar-refractivity contribution is 0.135. The van der Waals surface area contributed by atoms with Crippen molar-refractivity contribution in [2.75, 3.05) is 21.3 Å². The number of hydrogen-bond acceptors (Lipinski definition) is 5. The number of nitrogens with zero attached hydrogens (tertiary/aromatic N) is 2. The first-order valence-corrected chi connectivity index (χ1v) is 10.8. The number of aryl methyl sites for hydroxylation is 1. The molecule has 31 heavy (non-hydrogen) atoms. The Kier molecular flexibility index (Phi) is 4.92. The molecule has 0 aliphatic carbocycles. The molecule has 0 bridgehead atoms. The fraction of sp³-hybridized carbons (Fsp3) is 0.208. The van der Waals surface area contributed by atoms with E-state index in [1.807, 2.05) is 24.3 Å². The smallest absolute Gasteiger partial charge is 0.126 e. The number of ether oxygens (including phenoxy) is 3. The molecule has 0 saturated carbocycles. The predicted molar refractivity (Wildman–Crippen MR) is 125 cm³/mol. The lowest BCUT2D eigenvalue weighted by Crippen LogP contribution is -1.97. The lowest BCUT2D eigenvalue weighted by atomic mass is 10.1. The van der Waals surface area contributed by atoms with E-state index in [1.165, 1.54) is 0 Å². The Hall–Kier alpha value is -3.29. The van der Waals surface area contributed by atoms with Crippen molar-refractivity contribution in [3.63, 3.8) is 0 Å². The fourth-order valence-electron chi connectivity index (χ4n) is 4.09. The van der Waals surface area contributed by atoms with Crippen molar-refractivity contribution < 1.29 is 14.2 Å². The number of benzene rings is 2. The quantitative estimate of drug-likeness (QED) is 0.365. The van der Waals surface area contributed by atoms with Crippen molar-refractivity contribution in [2.24, 2.45) is 0 Å². The second-order valence-corrected chi connectivity index (χ2v) is 8.25. The summed E-state index contributed by atoms with van der Waals surface area (Å²) in [7, 11) is 5.06. The van der Waals surface area contributed by atoms with Crippen molar-refractivity contribution >= 4 is 33.1 Å². The van der Waals surface area contributed by atoms with Crippen molar-refractivity contribution in [1.29, 1.82) is 0 Å². The number of nitrogens with one attached hydrogen (secondary N) is 1. The van der Waals surface area contributed by atoms with Gasteiger partial charge in [0.15, 0.2) is 0 Å². The SMILES string of the molecule is COCn1cc(-c2nc(-c3c(C)[nH]c4ccc(OC)cc34)cs2)c2ccc(OC)cc21. The van der Waals surface area contributed by atoms with E-state index in [9.17, 15) is 0 Å². The Bertz CT molecular complexity index is 1400. The molecule has 7 heteroatoms. The molecule has 0 saturated heterocycles. The van der Waals surface area contributed by atoms with Crippen molar-refractivity contribution in [3.8, 4) is 33.3 Å². The van der Waals surface area contributed by atoms with Gasteiger partial charge in [0.05, 0.1) is 25.4 Å². The molecule has 0 aliphatic rings. The number of rotatable bonds is 6. The molecule has 6 nitrogen and oxygen atoms in total. The van der Waals surface area contributed by atoms with Gasteiger partial charge in [-0.05, 0) is 37.3 Å². The molecule has 3 aromatic heterocycles. The summed E-state index contributed by atoms with van der Waals surface area (Å²) in [6, 6.07) is 12.2. The summed E-state index contributed by atoms with van der Waals surface area (Å²) in [5.74, 6) is 1.65. The third kappa shape index (κ3) is 3.26. The third-order valence-corrected chi connectivity index (χ3v) is 6.42. The molecule has 158 valence electrons. The molecule has 0 radical (unpaired) electrons. The first-order valence-electron chi connectivity index (χ1n) is 9.91. The van der Waals surface area contributed by atoms with Gasteiger partial charge in [-0.2, -0.15) is 0 Å². The molecule has 0 atom stereocenters. The Balaban J connectivity index is 1.64. The van der Waals surface area contributed by atoms with Crippen molar-refractivity contribution in [3.05, 3.63) is 53.7 Å². The Morgan fingerprint density at radius 1 is 1.00 bits per heavy atom. The highest BCUT2D eigenvalue weighted by Gasteiger charge is 2.18. The largest absolute Gasteiger partial charge is 0.497 e. The van der Waals surface area contributed by atoms with E-state index in [0.29, 0.717) is 6.73 Å². The predicted octanol–water partition coefficient (Wildman–Crippen LogP) is 5.84. The molecule has 0 aliphatic heterocycles. The molecule has 2 aromatic carbocycles. The Morgan fingerprint density at radius 2 is 1.77 bits per heavy atom. The van der Waals surface area contributed by atoms with Gasteiger partial charge in [-0.1, -0.05) is 0 Å². The van der Waals surface area contributed by atoms with Crippen LogP contribution >= 0.6 is 11.3 Å². The van der Waals surface area contributed by atoms with E-state index in [1.54, 1.807) is 32.7 Å². The number of aromatic nitrogens is 3. The summed E-state index contributed by atoms with van der Waals surface area (Å²) in [4.78, 5) is 8.49. The molecule has 0 amide bonds. The van der Waals surface area contributed by atoms with Crippen LogP contribution in [0.2, 0.25) is 0 Å². The molecule has 0 spiro atoms. The topological polar surface area (TPSA) is 61.3 Å². The molecule has 3 heterocycles. The van der Waals surface area contributed by atoms with Crippen LogP contribution in [0.4, 0.5) is 0 Å². The normalized spacial score (nSPS) is 11.5. The number of thiazole rings is 1. The molecule has 5 aromatic rings. The van der Waals surface area contributed by atoms with Crippen molar-refractivity contribution in [2.45, 2.75) is 13.7 Å². The second kappa shape index (κ2) is 7.76. The zero-order valence-electron chi connectivity index (χ0n) is 17.9. The van der Waals surface area contributed by atoms with Crippen LogP contribution < -0.4 is 9.47 Å². The average molecular weight is 434 g/mol. The summed E-state index contributed by atoms with van der Waals surface area (Å²) in [6.07, 6.45) is 2.10. The lowest BCUT2D eigenvalue weighted by Gasteiger charge is -2.04. The summed E-state index contributed by atoms with van der Waals surface area (Å²) in [5.41, 5.74) is 6.37. The number of H-pyrrole nitrogens is 1. The number of aromatic amines is 1. The highest BCUT2D eigenvalue weighted by atomic mass is 32.1. The van der Waals surface area contributed by atoms with Gasteiger partial charge < -0.3 is 23.8 Å². The molecule has 5 rings (SSSR count). The zero-order chi connectivity index (χ0) is 21.5. The van der Waals surface area contributed by atoms with E-state index < -0.39 is 0 Å². The second-order valence-electron chi connectivity index (χ2n) is 7.39. The average Bonchev–Trinajstić information content (AvgIpc) is 3.48. The number of hydrogen-bond donors (Lipinski definition) is 1. The van der Waals surface area contributed by atoms with Gasteiger partial charge in [0.1, 0.15) is 23.2 Å².